The second kappa shape index (κ2) is 6.38. The number of carbonyl (C=O) groups is 1. The van der Waals surface area contributed by atoms with Gasteiger partial charge < -0.3 is 10.1 Å². The molecule has 0 aromatic heterocycles. The molecule has 0 aliphatic heterocycles. The Morgan fingerprint density at radius 1 is 1.42 bits per heavy atom. The lowest BCUT2D eigenvalue weighted by Crippen LogP contribution is -2.40. The van der Waals surface area contributed by atoms with Crippen LogP contribution in [0.2, 0.25) is 5.02 Å². The van der Waals surface area contributed by atoms with Gasteiger partial charge in [-0.3, -0.25) is 14.9 Å². The summed E-state index contributed by atoms with van der Waals surface area (Å²) in [6.07, 6.45) is -0.708. The number of hydrogen-bond donors (Lipinski definition) is 1. The first kappa shape index (κ1) is 15.2. The van der Waals surface area contributed by atoms with E-state index in [1.54, 1.807) is 6.92 Å². The lowest BCUT2D eigenvalue weighted by Gasteiger charge is -2.16. The number of nitrogens with zero attached hydrogens (tertiary/aromatic N) is 1. The number of carbonyl (C=O) groups excluding carboxylic acids is 1. The molecule has 1 N–H and O–H groups in total. The van der Waals surface area contributed by atoms with Gasteiger partial charge in [-0.1, -0.05) is 11.6 Å². The number of ether oxygens (including phenoxy) is 1. The SMILES string of the molecule is CC(C)NC(=O)C(C)Oc1ccc([N+](=O)[O-])c(Cl)c1. The second-order valence-corrected chi connectivity index (χ2v) is 4.70. The number of rotatable bonds is 5. The van der Waals surface area contributed by atoms with Crippen molar-refractivity contribution in [3.05, 3.63) is 33.3 Å². The average Bonchev–Trinajstić information content (AvgIpc) is 2.27. The lowest BCUT2D eigenvalue weighted by molar-refractivity contribution is -0.384. The van der Waals surface area contributed by atoms with Crippen LogP contribution in [-0.2, 0) is 4.79 Å². The lowest BCUT2D eigenvalue weighted by atomic mass is 10.3. The second-order valence-electron chi connectivity index (χ2n) is 4.29. The fourth-order valence-corrected chi connectivity index (χ4v) is 1.61. The molecular formula is C12H15ClN2O4. The molecule has 0 heterocycles. The molecule has 0 radical (unpaired) electrons. The molecule has 0 saturated carbocycles. The minimum atomic E-state index is -0.708. The summed E-state index contributed by atoms with van der Waals surface area (Å²) in [5.74, 6) is 0.0477. The van der Waals surface area contributed by atoms with Gasteiger partial charge >= 0.3 is 0 Å². The van der Waals surface area contributed by atoms with Crippen LogP contribution in [0.15, 0.2) is 18.2 Å². The van der Waals surface area contributed by atoms with Crippen LogP contribution in [0.25, 0.3) is 0 Å². The van der Waals surface area contributed by atoms with E-state index in [0.29, 0.717) is 5.75 Å². The summed E-state index contributed by atoms with van der Waals surface area (Å²) in [4.78, 5) is 21.7. The highest BCUT2D eigenvalue weighted by molar-refractivity contribution is 6.32. The molecule has 0 aliphatic carbocycles. The summed E-state index contributed by atoms with van der Waals surface area (Å²) in [6.45, 7) is 5.27. The van der Waals surface area contributed by atoms with Crippen LogP contribution in [0, 0.1) is 10.1 Å². The minimum absolute atomic E-state index is 0.0130. The van der Waals surface area contributed by atoms with E-state index >= 15 is 0 Å². The third-order valence-corrected chi connectivity index (χ3v) is 2.53. The fraction of sp³-hybridized carbons (Fsp3) is 0.417. The van der Waals surface area contributed by atoms with E-state index in [-0.39, 0.29) is 22.7 Å². The first-order valence-electron chi connectivity index (χ1n) is 5.72. The number of nitro benzene ring substituents is 1. The van der Waals surface area contributed by atoms with Gasteiger partial charge in [0.05, 0.1) is 4.92 Å². The van der Waals surface area contributed by atoms with Crippen molar-refractivity contribution >= 4 is 23.2 Å². The molecule has 0 bridgehead atoms. The van der Waals surface area contributed by atoms with Gasteiger partial charge in [0, 0.05) is 18.2 Å². The van der Waals surface area contributed by atoms with Crippen molar-refractivity contribution in [2.75, 3.05) is 0 Å². The van der Waals surface area contributed by atoms with Crippen LogP contribution < -0.4 is 10.1 Å². The zero-order chi connectivity index (χ0) is 14.6. The van der Waals surface area contributed by atoms with E-state index in [4.69, 9.17) is 16.3 Å². The molecule has 104 valence electrons. The third kappa shape index (κ3) is 4.40. The third-order valence-electron chi connectivity index (χ3n) is 2.23. The van der Waals surface area contributed by atoms with Gasteiger partial charge in [-0.05, 0) is 26.8 Å². The number of amides is 1. The Labute approximate surface area is 115 Å². The summed E-state index contributed by atoms with van der Waals surface area (Å²) in [7, 11) is 0. The highest BCUT2D eigenvalue weighted by Gasteiger charge is 2.17. The van der Waals surface area contributed by atoms with E-state index in [1.807, 2.05) is 13.8 Å². The van der Waals surface area contributed by atoms with Crippen molar-refractivity contribution in [3.8, 4) is 5.75 Å². The Morgan fingerprint density at radius 3 is 2.53 bits per heavy atom. The first-order valence-corrected chi connectivity index (χ1v) is 6.10. The fourth-order valence-electron chi connectivity index (χ4n) is 1.37. The molecule has 0 saturated heterocycles. The molecule has 1 amide bonds. The van der Waals surface area contributed by atoms with Gasteiger partial charge in [-0.15, -0.1) is 0 Å². The summed E-state index contributed by atoms with van der Waals surface area (Å²) in [6, 6.07) is 3.98. The Balaban J connectivity index is 2.75. The highest BCUT2D eigenvalue weighted by Crippen LogP contribution is 2.28. The quantitative estimate of drug-likeness (QED) is 0.666. The van der Waals surface area contributed by atoms with E-state index in [2.05, 4.69) is 5.32 Å². The molecule has 1 aromatic rings. The maximum atomic E-state index is 11.6. The van der Waals surface area contributed by atoms with Crippen molar-refractivity contribution in [1.29, 1.82) is 0 Å². The zero-order valence-electron chi connectivity index (χ0n) is 10.8. The summed E-state index contributed by atoms with van der Waals surface area (Å²) in [5.41, 5.74) is -0.201. The predicted octanol–water partition coefficient (Wildman–Crippen LogP) is 2.54. The Morgan fingerprint density at radius 2 is 2.05 bits per heavy atom. The van der Waals surface area contributed by atoms with Crippen molar-refractivity contribution in [2.45, 2.75) is 32.9 Å². The molecule has 1 aromatic carbocycles. The molecule has 19 heavy (non-hydrogen) atoms. The number of halogens is 1. The number of nitro groups is 1. The molecule has 0 spiro atoms. The normalized spacial score (nSPS) is 12.1. The molecule has 7 heteroatoms. The summed E-state index contributed by atoms with van der Waals surface area (Å²) in [5, 5.41) is 13.3. The van der Waals surface area contributed by atoms with Crippen LogP contribution in [-0.4, -0.2) is 23.0 Å². The summed E-state index contributed by atoms with van der Waals surface area (Å²) >= 11 is 5.75. The number of benzene rings is 1. The van der Waals surface area contributed by atoms with Gasteiger partial charge in [0.15, 0.2) is 6.10 Å². The largest absolute Gasteiger partial charge is 0.481 e. The van der Waals surface area contributed by atoms with E-state index in [9.17, 15) is 14.9 Å². The van der Waals surface area contributed by atoms with Crippen LogP contribution in [0.3, 0.4) is 0 Å². The molecule has 1 unspecified atom stereocenters. The Hall–Kier alpha value is -1.82. The van der Waals surface area contributed by atoms with E-state index in [0.717, 1.165) is 0 Å². The maximum Gasteiger partial charge on any atom is 0.288 e. The topological polar surface area (TPSA) is 81.5 Å². The smallest absolute Gasteiger partial charge is 0.288 e. The Bertz CT molecular complexity index is 491. The number of nitrogens with one attached hydrogen (secondary N) is 1. The zero-order valence-corrected chi connectivity index (χ0v) is 11.6. The predicted molar refractivity (Wildman–Crippen MR) is 71.5 cm³/mol. The molecular weight excluding hydrogens is 272 g/mol. The van der Waals surface area contributed by atoms with Crippen molar-refractivity contribution < 1.29 is 14.5 Å². The first-order chi connectivity index (χ1) is 8.81. The van der Waals surface area contributed by atoms with E-state index < -0.39 is 11.0 Å². The van der Waals surface area contributed by atoms with Gasteiger partial charge in [-0.25, -0.2) is 0 Å². The number of hydrogen-bond acceptors (Lipinski definition) is 4. The molecule has 0 aliphatic rings. The Kier molecular flexibility index (Phi) is 5.11. The monoisotopic (exact) mass is 286 g/mol. The average molecular weight is 287 g/mol. The van der Waals surface area contributed by atoms with Gasteiger partial charge in [-0.2, -0.15) is 0 Å². The molecule has 6 nitrogen and oxygen atoms in total. The molecule has 0 fully saturated rings. The maximum absolute atomic E-state index is 11.6. The van der Waals surface area contributed by atoms with Crippen LogP contribution in [0.4, 0.5) is 5.69 Å². The van der Waals surface area contributed by atoms with Gasteiger partial charge in [0.25, 0.3) is 11.6 Å². The summed E-state index contributed by atoms with van der Waals surface area (Å²) < 4.78 is 5.37. The highest BCUT2D eigenvalue weighted by atomic mass is 35.5. The molecule has 1 atom stereocenters. The minimum Gasteiger partial charge on any atom is -0.481 e. The standard InChI is InChI=1S/C12H15ClN2O4/c1-7(2)14-12(16)8(3)19-9-4-5-11(15(17)18)10(13)6-9/h4-8H,1-3H3,(H,14,16). The van der Waals surface area contributed by atoms with Crippen molar-refractivity contribution in [1.82, 2.24) is 5.32 Å². The van der Waals surface area contributed by atoms with Gasteiger partial charge in [0.2, 0.25) is 0 Å². The van der Waals surface area contributed by atoms with Crippen LogP contribution in [0.5, 0.6) is 5.75 Å². The molecule has 1 rings (SSSR count). The van der Waals surface area contributed by atoms with E-state index in [1.165, 1.54) is 18.2 Å². The van der Waals surface area contributed by atoms with Crippen LogP contribution >= 0.6 is 11.6 Å². The van der Waals surface area contributed by atoms with Crippen LogP contribution in [0.1, 0.15) is 20.8 Å². The van der Waals surface area contributed by atoms with Crippen molar-refractivity contribution in [3.63, 3.8) is 0 Å². The van der Waals surface area contributed by atoms with Crippen molar-refractivity contribution in [2.24, 2.45) is 0 Å². The van der Waals surface area contributed by atoms with Gasteiger partial charge in [0.1, 0.15) is 10.8 Å².